The third-order valence-corrected chi connectivity index (χ3v) is 8.39. The summed E-state index contributed by atoms with van der Waals surface area (Å²) in [4.78, 5) is 26.8. The summed E-state index contributed by atoms with van der Waals surface area (Å²) in [6.07, 6.45) is 1.16. The molecular weight excluding hydrogens is 559 g/mol. The van der Waals surface area contributed by atoms with E-state index >= 15 is 0 Å². The summed E-state index contributed by atoms with van der Waals surface area (Å²) in [6, 6.07) is 20.4. The van der Waals surface area contributed by atoms with Gasteiger partial charge < -0.3 is 10.6 Å². The monoisotopic (exact) mass is 588 g/mol. The van der Waals surface area contributed by atoms with Gasteiger partial charge in [-0.2, -0.15) is 0 Å². The lowest BCUT2D eigenvalue weighted by atomic mass is 9.93. The number of rotatable bonds is 9. The SMILES string of the molecule is CNC(=O)C(C)NC(=O)c1cccc(N(C2CN(C(c3ccc(Cl)cc3)c3ccc(Cl)cc3)C2)S(C)(=O)=O)c1. The Morgan fingerprint density at radius 1 is 0.949 bits per heavy atom. The average molecular weight is 590 g/mol. The number of hydrogen-bond donors (Lipinski definition) is 2. The molecule has 1 unspecified atom stereocenters. The molecule has 11 heteroatoms. The van der Waals surface area contributed by atoms with Crippen molar-refractivity contribution in [2.45, 2.75) is 25.0 Å². The van der Waals surface area contributed by atoms with Crippen LogP contribution in [0.3, 0.4) is 0 Å². The van der Waals surface area contributed by atoms with Crippen LogP contribution in [0.4, 0.5) is 5.69 Å². The molecule has 1 heterocycles. The number of amides is 2. The fourth-order valence-electron chi connectivity index (χ4n) is 4.77. The second kappa shape index (κ2) is 12.0. The molecule has 4 rings (SSSR count). The Balaban J connectivity index is 1.58. The molecule has 0 spiro atoms. The Hall–Kier alpha value is -3.11. The topological polar surface area (TPSA) is 98.8 Å². The summed E-state index contributed by atoms with van der Waals surface area (Å²) >= 11 is 12.3. The lowest BCUT2D eigenvalue weighted by Crippen LogP contribution is -2.61. The van der Waals surface area contributed by atoms with Gasteiger partial charge in [0, 0.05) is 35.7 Å². The number of benzene rings is 3. The van der Waals surface area contributed by atoms with Crippen molar-refractivity contribution in [1.29, 1.82) is 0 Å². The minimum absolute atomic E-state index is 0.125. The lowest BCUT2D eigenvalue weighted by molar-refractivity contribution is -0.122. The van der Waals surface area contributed by atoms with Crippen LogP contribution in [0, 0.1) is 0 Å². The largest absolute Gasteiger partial charge is 0.357 e. The number of likely N-dealkylation sites (N-methyl/N-ethyl adjacent to an activating group) is 1. The van der Waals surface area contributed by atoms with Crippen LogP contribution in [0.1, 0.15) is 34.5 Å². The maximum Gasteiger partial charge on any atom is 0.251 e. The van der Waals surface area contributed by atoms with Gasteiger partial charge in [0.2, 0.25) is 15.9 Å². The van der Waals surface area contributed by atoms with E-state index in [0.717, 1.165) is 17.4 Å². The highest BCUT2D eigenvalue weighted by Crippen LogP contribution is 2.36. The van der Waals surface area contributed by atoms with Crippen molar-refractivity contribution in [3.05, 3.63) is 99.5 Å². The first-order chi connectivity index (χ1) is 18.5. The Labute approximate surface area is 238 Å². The minimum Gasteiger partial charge on any atom is -0.357 e. The normalized spacial score (nSPS) is 14.9. The molecule has 206 valence electrons. The average Bonchev–Trinajstić information content (AvgIpc) is 2.88. The Bertz CT molecular complexity index is 1400. The molecule has 0 bridgehead atoms. The number of anilines is 1. The molecule has 2 amide bonds. The van der Waals surface area contributed by atoms with Crippen LogP contribution in [-0.2, 0) is 14.8 Å². The number of likely N-dealkylation sites (tertiary alicyclic amines) is 1. The molecule has 1 fully saturated rings. The predicted octanol–water partition coefficient (Wildman–Crippen LogP) is 4.10. The van der Waals surface area contributed by atoms with E-state index in [2.05, 4.69) is 15.5 Å². The summed E-state index contributed by atoms with van der Waals surface area (Å²) in [7, 11) is -2.19. The van der Waals surface area contributed by atoms with Gasteiger partial charge in [0.15, 0.2) is 0 Å². The smallest absolute Gasteiger partial charge is 0.251 e. The molecule has 1 aliphatic heterocycles. The van der Waals surface area contributed by atoms with Crippen LogP contribution < -0.4 is 14.9 Å². The molecule has 8 nitrogen and oxygen atoms in total. The van der Waals surface area contributed by atoms with Crippen molar-refractivity contribution in [3.8, 4) is 0 Å². The van der Waals surface area contributed by atoms with Crippen molar-refractivity contribution in [3.63, 3.8) is 0 Å². The summed E-state index contributed by atoms with van der Waals surface area (Å²) < 4.78 is 27.3. The highest BCUT2D eigenvalue weighted by Gasteiger charge is 2.40. The molecule has 0 radical (unpaired) electrons. The number of sulfonamides is 1. The third kappa shape index (κ3) is 6.73. The molecule has 0 aliphatic carbocycles. The van der Waals surface area contributed by atoms with Crippen LogP contribution in [0.2, 0.25) is 10.0 Å². The number of halogens is 2. The van der Waals surface area contributed by atoms with E-state index < -0.39 is 22.0 Å². The van der Waals surface area contributed by atoms with Crippen molar-refractivity contribution in [1.82, 2.24) is 15.5 Å². The van der Waals surface area contributed by atoms with Gasteiger partial charge in [0.05, 0.1) is 24.0 Å². The molecule has 39 heavy (non-hydrogen) atoms. The van der Waals surface area contributed by atoms with Crippen LogP contribution >= 0.6 is 23.2 Å². The molecule has 0 aromatic heterocycles. The van der Waals surface area contributed by atoms with Gasteiger partial charge in [-0.3, -0.25) is 18.8 Å². The van der Waals surface area contributed by atoms with E-state index in [1.807, 2.05) is 48.5 Å². The number of nitrogens with one attached hydrogen (secondary N) is 2. The minimum atomic E-state index is -3.67. The van der Waals surface area contributed by atoms with Gasteiger partial charge in [-0.15, -0.1) is 0 Å². The van der Waals surface area contributed by atoms with E-state index in [-0.39, 0.29) is 23.6 Å². The zero-order valence-electron chi connectivity index (χ0n) is 21.8. The molecule has 2 N–H and O–H groups in total. The van der Waals surface area contributed by atoms with E-state index in [1.165, 1.54) is 17.4 Å². The Kier molecular flexibility index (Phi) is 8.86. The first-order valence-corrected chi connectivity index (χ1v) is 14.9. The Morgan fingerprint density at radius 2 is 1.49 bits per heavy atom. The van der Waals surface area contributed by atoms with Crippen molar-refractivity contribution in [2.75, 3.05) is 30.7 Å². The predicted molar refractivity (Wildman–Crippen MR) is 155 cm³/mol. The van der Waals surface area contributed by atoms with Crippen molar-refractivity contribution >= 4 is 50.7 Å². The van der Waals surface area contributed by atoms with Gasteiger partial charge in [-0.1, -0.05) is 53.5 Å². The fourth-order valence-corrected chi connectivity index (χ4v) is 6.19. The first kappa shape index (κ1) is 28.9. The zero-order valence-corrected chi connectivity index (χ0v) is 24.1. The summed E-state index contributed by atoms with van der Waals surface area (Å²) in [5.41, 5.74) is 2.69. The van der Waals surface area contributed by atoms with E-state index in [0.29, 0.717) is 28.8 Å². The molecule has 3 aromatic carbocycles. The van der Waals surface area contributed by atoms with Crippen molar-refractivity contribution < 1.29 is 18.0 Å². The van der Waals surface area contributed by atoms with Gasteiger partial charge in [-0.05, 0) is 60.5 Å². The Morgan fingerprint density at radius 3 is 1.97 bits per heavy atom. The highest BCUT2D eigenvalue weighted by atomic mass is 35.5. The summed E-state index contributed by atoms with van der Waals surface area (Å²) in [6.45, 7) is 2.50. The number of carbonyl (C=O) groups excluding carboxylic acids is 2. The first-order valence-electron chi connectivity index (χ1n) is 12.3. The maximum absolute atomic E-state index is 13.0. The van der Waals surface area contributed by atoms with Crippen molar-refractivity contribution in [2.24, 2.45) is 0 Å². The molecular formula is C28H30Cl2N4O4S. The van der Waals surface area contributed by atoms with Crippen LogP contribution in [0.15, 0.2) is 72.8 Å². The molecule has 1 aliphatic rings. The fraction of sp³-hybridized carbons (Fsp3) is 0.286. The molecule has 3 aromatic rings. The van der Waals surface area contributed by atoms with Gasteiger partial charge in [-0.25, -0.2) is 8.42 Å². The summed E-state index contributed by atoms with van der Waals surface area (Å²) in [5.74, 6) is -0.801. The quantitative estimate of drug-likeness (QED) is 0.392. The second-order valence-electron chi connectivity index (χ2n) is 9.53. The van der Waals surface area contributed by atoms with E-state index in [1.54, 1.807) is 25.1 Å². The van der Waals surface area contributed by atoms with E-state index in [4.69, 9.17) is 23.2 Å². The van der Waals surface area contributed by atoms with E-state index in [9.17, 15) is 18.0 Å². The highest BCUT2D eigenvalue weighted by molar-refractivity contribution is 7.92. The number of hydrogen-bond acceptors (Lipinski definition) is 5. The second-order valence-corrected chi connectivity index (χ2v) is 12.3. The van der Waals surface area contributed by atoms with Crippen LogP contribution in [-0.4, -0.2) is 63.6 Å². The molecule has 1 atom stereocenters. The zero-order chi connectivity index (χ0) is 28.3. The number of carbonyl (C=O) groups is 2. The maximum atomic E-state index is 13.0. The van der Waals surface area contributed by atoms with Crippen LogP contribution in [0.5, 0.6) is 0 Å². The van der Waals surface area contributed by atoms with Gasteiger partial charge in [0.25, 0.3) is 5.91 Å². The molecule has 0 saturated carbocycles. The van der Waals surface area contributed by atoms with Crippen LogP contribution in [0.25, 0.3) is 0 Å². The lowest BCUT2D eigenvalue weighted by Gasteiger charge is -2.48. The summed E-state index contributed by atoms with van der Waals surface area (Å²) in [5, 5.41) is 6.38. The van der Waals surface area contributed by atoms with Gasteiger partial charge in [0.1, 0.15) is 6.04 Å². The third-order valence-electron chi connectivity index (χ3n) is 6.67. The van der Waals surface area contributed by atoms with Gasteiger partial charge >= 0.3 is 0 Å². The molecule has 1 saturated heterocycles. The standard InChI is InChI=1S/C28H30Cl2N4O4S/c1-18(27(35)31-2)32-28(36)21-5-4-6-24(15-21)34(39(3,37)38)25-16-33(17-25)26(19-7-11-22(29)12-8-19)20-9-13-23(30)14-10-20/h4-15,18,25-26H,16-17H2,1-3H3,(H,31,35)(H,32,36). The number of nitrogens with zero attached hydrogens (tertiary/aromatic N) is 2.